The maximum absolute atomic E-state index is 9.68. The summed E-state index contributed by atoms with van der Waals surface area (Å²) in [6.07, 6.45) is 8.82. The van der Waals surface area contributed by atoms with Crippen LogP contribution in [0, 0.1) is 12.3 Å². The van der Waals surface area contributed by atoms with E-state index >= 15 is 0 Å². The predicted octanol–water partition coefficient (Wildman–Crippen LogP) is -0.0357. The summed E-state index contributed by atoms with van der Waals surface area (Å²) in [7, 11) is 0. The topological polar surface area (TPSA) is 29.1 Å². The average Bonchev–Trinajstić information content (AvgIpc) is 1.89. The lowest BCUT2D eigenvalue weighted by Gasteiger charge is -1.89. The number of hydrogen-bond acceptors (Lipinski definition) is 2. The van der Waals surface area contributed by atoms with Crippen LogP contribution in [0.2, 0.25) is 0 Å². The lowest BCUT2D eigenvalue weighted by Crippen LogP contribution is -2.12. The van der Waals surface area contributed by atoms with E-state index in [2.05, 4.69) is 11.2 Å². The highest BCUT2D eigenvalue weighted by Gasteiger charge is 1.73. The van der Waals surface area contributed by atoms with Crippen molar-refractivity contribution in [1.29, 1.82) is 0 Å². The summed E-state index contributed by atoms with van der Waals surface area (Å²) in [6, 6.07) is 0. The van der Waals surface area contributed by atoms with E-state index in [0.717, 1.165) is 6.29 Å². The highest BCUT2D eigenvalue weighted by molar-refractivity contribution is 5.64. The molecular weight excluding hydrogens is 114 g/mol. The largest absolute Gasteiger partial charge is 0.303 e. The van der Waals surface area contributed by atoms with Gasteiger partial charge in [0.1, 0.15) is 6.29 Å². The molecule has 0 heterocycles. The Labute approximate surface area is 54.9 Å². The molecule has 0 aromatic rings. The van der Waals surface area contributed by atoms with E-state index in [0.29, 0.717) is 13.1 Å². The van der Waals surface area contributed by atoms with Gasteiger partial charge in [-0.2, -0.15) is 0 Å². The second-order valence-corrected chi connectivity index (χ2v) is 1.40. The molecule has 0 radical (unpaired) electrons. The smallest absolute Gasteiger partial charge is 0.142 e. The molecule has 0 bridgehead atoms. The maximum Gasteiger partial charge on any atom is 0.142 e. The molecule has 0 fully saturated rings. The van der Waals surface area contributed by atoms with Crippen molar-refractivity contribution < 1.29 is 4.79 Å². The van der Waals surface area contributed by atoms with Crippen molar-refractivity contribution in [3.63, 3.8) is 0 Å². The van der Waals surface area contributed by atoms with Crippen LogP contribution in [-0.2, 0) is 4.79 Å². The fraction of sp³-hybridized carbons (Fsp3) is 0.286. The Kier molecular flexibility index (Phi) is 6.11. The van der Waals surface area contributed by atoms with Crippen LogP contribution in [-0.4, -0.2) is 19.4 Å². The minimum absolute atomic E-state index is 0.545. The fourth-order valence-corrected chi connectivity index (χ4v) is 0.351. The molecule has 0 aliphatic heterocycles. The van der Waals surface area contributed by atoms with Gasteiger partial charge in [0.25, 0.3) is 0 Å². The van der Waals surface area contributed by atoms with E-state index in [1.165, 1.54) is 6.08 Å². The molecule has 0 spiro atoms. The van der Waals surface area contributed by atoms with Gasteiger partial charge in [-0.15, -0.1) is 6.42 Å². The first-order chi connectivity index (χ1) is 4.41. The number of carbonyl (C=O) groups is 1. The first-order valence-electron chi connectivity index (χ1n) is 2.66. The molecule has 0 amide bonds. The summed E-state index contributed by atoms with van der Waals surface area (Å²) in [4.78, 5) is 9.68. The van der Waals surface area contributed by atoms with Gasteiger partial charge in [-0.3, -0.25) is 4.79 Å². The SMILES string of the molecule is C#CCNC/C=C/C=O. The standard InChI is InChI=1S/C7H9NO/c1-2-5-8-6-3-4-7-9/h1,3-4,7-8H,5-6H2/b4-3+. The van der Waals surface area contributed by atoms with Crippen LogP contribution in [0.3, 0.4) is 0 Å². The zero-order valence-electron chi connectivity index (χ0n) is 5.13. The molecule has 0 saturated carbocycles. The van der Waals surface area contributed by atoms with Crippen LogP contribution in [0.5, 0.6) is 0 Å². The molecule has 0 saturated heterocycles. The van der Waals surface area contributed by atoms with Crippen molar-refractivity contribution in [2.75, 3.05) is 13.1 Å². The van der Waals surface area contributed by atoms with Gasteiger partial charge in [-0.1, -0.05) is 12.0 Å². The summed E-state index contributed by atoms with van der Waals surface area (Å²) in [5.74, 6) is 2.41. The zero-order valence-corrected chi connectivity index (χ0v) is 5.13. The van der Waals surface area contributed by atoms with Crippen molar-refractivity contribution in [1.82, 2.24) is 5.32 Å². The van der Waals surface area contributed by atoms with Crippen LogP contribution in [0.4, 0.5) is 0 Å². The Morgan fingerprint density at radius 2 is 2.44 bits per heavy atom. The molecule has 0 aliphatic carbocycles. The van der Waals surface area contributed by atoms with Crippen LogP contribution in [0.15, 0.2) is 12.2 Å². The highest BCUT2D eigenvalue weighted by atomic mass is 16.1. The number of aldehydes is 1. The normalized spacial score (nSPS) is 9.22. The number of carbonyl (C=O) groups excluding carboxylic acids is 1. The Morgan fingerprint density at radius 3 is 3.00 bits per heavy atom. The van der Waals surface area contributed by atoms with Crippen LogP contribution in [0.1, 0.15) is 0 Å². The molecule has 0 aromatic carbocycles. The minimum Gasteiger partial charge on any atom is -0.303 e. The molecule has 9 heavy (non-hydrogen) atoms. The van der Waals surface area contributed by atoms with Crippen LogP contribution in [0.25, 0.3) is 0 Å². The molecule has 1 N–H and O–H groups in total. The molecule has 0 aliphatic rings. The van der Waals surface area contributed by atoms with Crippen molar-refractivity contribution in [2.24, 2.45) is 0 Å². The zero-order chi connectivity index (χ0) is 6.95. The summed E-state index contributed by atoms with van der Waals surface area (Å²) >= 11 is 0. The summed E-state index contributed by atoms with van der Waals surface area (Å²) < 4.78 is 0. The lowest BCUT2D eigenvalue weighted by molar-refractivity contribution is -0.104. The quantitative estimate of drug-likeness (QED) is 0.246. The maximum atomic E-state index is 9.68. The number of nitrogens with one attached hydrogen (secondary N) is 1. The van der Waals surface area contributed by atoms with Crippen molar-refractivity contribution in [3.05, 3.63) is 12.2 Å². The lowest BCUT2D eigenvalue weighted by atomic mass is 10.5. The number of allylic oxidation sites excluding steroid dienone is 1. The van der Waals surface area contributed by atoms with E-state index in [1.807, 2.05) is 0 Å². The van der Waals surface area contributed by atoms with Crippen LogP contribution >= 0.6 is 0 Å². The average molecular weight is 123 g/mol. The Balaban J connectivity index is 3.01. The highest BCUT2D eigenvalue weighted by Crippen LogP contribution is 1.63. The second kappa shape index (κ2) is 6.93. The monoisotopic (exact) mass is 123 g/mol. The first-order valence-corrected chi connectivity index (χ1v) is 2.66. The van der Waals surface area contributed by atoms with Gasteiger partial charge in [0.2, 0.25) is 0 Å². The van der Waals surface area contributed by atoms with Gasteiger partial charge in [0.05, 0.1) is 6.54 Å². The molecule has 2 heteroatoms. The van der Waals surface area contributed by atoms with Crippen molar-refractivity contribution >= 4 is 6.29 Å². The van der Waals surface area contributed by atoms with E-state index in [9.17, 15) is 4.79 Å². The number of terminal acetylenes is 1. The third-order valence-electron chi connectivity index (χ3n) is 0.704. The molecule has 0 rings (SSSR count). The molecule has 0 aromatic heterocycles. The van der Waals surface area contributed by atoms with Crippen molar-refractivity contribution in [3.8, 4) is 12.3 Å². The van der Waals surface area contributed by atoms with E-state index in [-0.39, 0.29) is 0 Å². The van der Waals surface area contributed by atoms with Crippen LogP contribution < -0.4 is 5.32 Å². The van der Waals surface area contributed by atoms with Gasteiger partial charge in [0, 0.05) is 6.54 Å². The third-order valence-corrected chi connectivity index (χ3v) is 0.704. The Hall–Kier alpha value is -1.07. The molecule has 0 atom stereocenters. The Morgan fingerprint density at radius 1 is 1.67 bits per heavy atom. The van der Waals surface area contributed by atoms with Gasteiger partial charge < -0.3 is 5.32 Å². The Bertz CT molecular complexity index is 132. The van der Waals surface area contributed by atoms with Crippen molar-refractivity contribution in [2.45, 2.75) is 0 Å². The first kappa shape index (κ1) is 7.93. The van der Waals surface area contributed by atoms with E-state index < -0.39 is 0 Å². The summed E-state index contributed by atoms with van der Waals surface area (Å²) in [5.41, 5.74) is 0. The van der Waals surface area contributed by atoms with E-state index in [1.54, 1.807) is 6.08 Å². The summed E-state index contributed by atoms with van der Waals surface area (Å²) in [5, 5.41) is 2.89. The molecule has 2 nitrogen and oxygen atoms in total. The molecule has 48 valence electrons. The van der Waals surface area contributed by atoms with Gasteiger partial charge >= 0.3 is 0 Å². The van der Waals surface area contributed by atoms with Gasteiger partial charge in [-0.25, -0.2) is 0 Å². The fourth-order valence-electron chi connectivity index (χ4n) is 0.351. The number of rotatable bonds is 4. The second-order valence-electron chi connectivity index (χ2n) is 1.40. The summed E-state index contributed by atoms with van der Waals surface area (Å²) in [6.45, 7) is 1.20. The van der Waals surface area contributed by atoms with Gasteiger partial charge in [-0.05, 0) is 6.08 Å². The molecular formula is C7H9NO. The molecule has 0 unspecified atom stereocenters. The van der Waals surface area contributed by atoms with Gasteiger partial charge in [0.15, 0.2) is 0 Å². The van der Waals surface area contributed by atoms with E-state index in [4.69, 9.17) is 6.42 Å². The predicted molar refractivity (Wildman–Crippen MR) is 36.9 cm³/mol. The minimum atomic E-state index is 0.545. The number of hydrogen-bond donors (Lipinski definition) is 1. The third kappa shape index (κ3) is 6.93.